The van der Waals surface area contributed by atoms with E-state index in [4.69, 9.17) is 20.9 Å². The SMILES string of the molecule is CC(C)(C)OC(=O)NCCn1c(CN)nc2c(N)nc3cc(OCc4ccccc4)ccc3c21. The Morgan fingerprint density at radius 2 is 1.88 bits per heavy atom. The molecule has 9 nitrogen and oxygen atoms in total. The zero-order chi connectivity index (χ0) is 24.3. The molecular formula is C25H30N6O3. The number of imidazole rings is 1. The van der Waals surface area contributed by atoms with Crippen molar-refractivity contribution < 1.29 is 14.3 Å². The summed E-state index contributed by atoms with van der Waals surface area (Å²) in [5.41, 5.74) is 14.8. The molecule has 1 amide bonds. The first kappa shape index (κ1) is 23.3. The van der Waals surface area contributed by atoms with Crippen LogP contribution < -0.4 is 21.5 Å². The number of hydrogen-bond acceptors (Lipinski definition) is 7. The third-order valence-electron chi connectivity index (χ3n) is 5.19. The first-order valence-corrected chi connectivity index (χ1v) is 11.2. The van der Waals surface area contributed by atoms with Gasteiger partial charge in [0.15, 0.2) is 5.82 Å². The van der Waals surface area contributed by atoms with Crippen LogP contribution >= 0.6 is 0 Å². The molecule has 0 fully saturated rings. The first-order valence-electron chi connectivity index (χ1n) is 11.2. The van der Waals surface area contributed by atoms with Crippen LogP contribution in [0.4, 0.5) is 10.6 Å². The summed E-state index contributed by atoms with van der Waals surface area (Å²) >= 11 is 0. The van der Waals surface area contributed by atoms with Crippen molar-refractivity contribution in [1.29, 1.82) is 0 Å². The minimum atomic E-state index is -0.565. The van der Waals surface area contributed by atoms with E-state index in [0.29, 0.717) is 48.1 Å². The topological polar surface area (TPSA) is 130 Å². The van der Waals surface area contributed by atoms with Crippen LogP contribution in [0.2, 0.25) is 0 Å². The van der Waals surface area contributed by atoms with E-state index in [9.17, 15) is 4.79 Å². The molecule has 0 aliphatic heterocycles. The molecule has 0 saturated carbocycles. The summed E-state index contributed by atoms with van der Waals surface area (Å²) in [4.78, 5) is 21.2. The number of nitrogen functional groups attached to an aromatic ring is 1. The number of aromatic nitrogens is 3. The van der Waals surface area contributed by atoms with E-state index in [1.165, 1.54) is 0 Å². The largest absolute Gasteiger partial charge is 0.489 e. The zero-order valence-electron chi connectivity index (χ0n) is 19.7. The molecule has 4 rings (SSSR count). The summed E-state index contributed by atoms with van der Waals surface area (Å²) in [5, 5.41) is 3.66. The van der Waals surface area contributed by atoms with Gasteiger partial charge in [0.2, 0.25) is 0 Å². The van der Waals surface area contributed by atoms with E-state index in [0.717, 1.165) is 16.5 Å². The Hall–Kier alpha value is -3.85. The van der Waals surface area contributed by atoms with Crippen molar-refractivity contribution in [2.45, 2.75) is 46.1 Å². The number of ether oxygens (including phenoxy) is 2. The molecule has 2 heterocycles. The van der Waals surface area contributed by atoms with Gasteiger partial charge in [-0.15, -0.1) is 0 Å². The number of rotatable bonds is 7. The molecule has 5 N–H and O–H groups in total. The average Bonchev–Trinajstić information content (AvgIpc) is 3.16. The number of carbonyl (C=O) groups excluding carboxylic acids is 1. The van der Waals surface area contributed by atoms with Crippen molar-refractivity contribution in [3.8, 4) is 5.75 Å². The molecule has 9 heteroatoms. The summed E-state index contributed by atoms with van der Waals surface area (Å²) in [7, 11) is 0. The highest BCUT2D eigenvalue weighted by molar-refractivity contribution is 6.07. The van der Waals surface area contributed by atoms with Gasteiger partial charge in [-0.2, -0.15) is 0 Å². The summed E-state index contributed by atoms with van der Waals surface area (Å²) in [6, 6.07) is 15.7. The van der Waals surface area contributed by atoms with E-state index >= 15 is 0 Å². The van der Waals surface area contributed by atoms with Crippen molar-refractivity contribution >= 4 is 33.8 Å². The lowest BCUT2D eigenvalue weighted by molar-refractivity contribution is 0.0526. The lowest BCUT2D eigenvalue weighted by Crippen LogP contribution is -2.34. The quantitative estimate of drug-likeness (QED) is 0.381. The second-order valence-corrected chi connectivity index (χ2v) is 8.96. The maximum absolute atomic E-state index is 12.0. The van der Waals surface area contributed by atoms with Gasteiger partial charge in [-0.1, -0.05) is 30.3 Å². The number of amides is 1. The van der Waals surface area contributed by atoms with Gasteiger partial charge in [0.1, 0.15) is 29.3 Å². The van der Waals surface area contributed by atoms with Crippen LogP contribution in [0.25, 0.3) is 21.9 Å². The third-order valence-corrected chi connectivity index (χ3v) is 5.19. The van der Waals surface area contributed by atoms with Gasteiger partial charge in [-0.25, -0.2) is 14.8 Å². The molecule has 34 heavy (non-hydrogen) atoms. The highest BCUT2D eigenvalue weighted by Crippen LogP contribution is 2.31. The summed E-state index contributed by atoms with van der Waals surface area (Å²) in [6.07, 6.45) is -0.475. The molecule has 0 radical (unpaired) electrons. The Bertz CT molecular complexity index is 1310. The van der Waals surface area contributed by atoms with Crippen molar-refractivity contribution in [1.82, 2.24) is 19.9 Å². The maximum atomic E-state index is 12.0. The van der Waals surface area contributed by atoms with Crippen LogP contribution in [-0.2, 0) is 24.4 Å². The Morgan fingerprint density at radius 1 is 1.12 bits per heavy atom. The van der Waals surface area contributed by atoms with Crippen molar-refractivity contribution in [2.24, 2.45) is 5.73 Å². The fraction of sp³-hybridized carbons (Fsp3) is 0.320. The van der Waals surface area contributed by atoms with Gasteiger partial charge in [0.05, 0.1) is 17.6 Å². The molecular weight excluding hydrogens is 432 g/mol. The highest BCUT2D eigenvalue weighted by atomic mass is 16.6. The number of pyridine rings is 1. The van der Waals surface area contributed by atoms with Crippen LogP contribution in [0.15, 0.2) is 48.5 Å². The molecule has 0 aliphatic rings. The first-order chi connectivity index (χ1) is 16.2. The van der Waals surface area contributed by atoms with Crippen molar-refractivity contribution in [3.63, 3.8) is 0 Å². The smallest absolute Gasteiger partial charge is 0.407 e. The lowest BCUT2D eigenvalue weighted by Gasteiger charge is -2.20. The molecule has 0 saturated heterocycles. The molecule has 0 unspecified atom stereocenters. The average molecular weight is 463 g/mol. The van der Waals surface area contributed by atoms with Crippen molar-refractivity contribution in [3.05, 3.63) is 59.9 Å². The Labute approximate surface area is 198 Å². The minimum Gasteiger partial charge on any atom is -0.489 e. The van der Waals surface area contributed by atoms with Crippen LogP contribution in [0.1, 0.15) is 32.2 Å². The Kier molecular flexibility index (Phi) is 6.56. The third kappa shape index (κ3) is 5.20. The number of benzene rings is 2. The van der Waals surface area contributed by atoms with Gasteiger partial charge in [-0.3, -0.25) is 0 Å². The molecule has 4 aromatic rings. The second-order valence-electron chi connectivity index (χ2n) is 8.96. The van der Waals surface area contributed by atoms with Crippen LogP contribution in [0, 0.1) is 0 Å². The maximum Gasteiger partial charge on any atom is 0.407 e. The van der Waals surface area contributed by atoms with Gasteiger partial charge >= 0.3 is 6.09 Å². The second kappa shape index (κ2) is 9.56. The highest BCUT2D eigenvalue weighted by Gasteiger charge is 2.19. The molecule has 0 atom stereocenters. The van der Waals surface area contributed by atoms with Gasteiger partial charge in [0, 0.05) is 24.5 Å². The van der Waals surface area contributed by atoms with Crippen LogP contribution in [-0.4, -0.2) is 32.8 Å². The van der Waals surface area contributed by atoms with E-state index in [1.807, 2.05) is 73.9 Å². The Morgan fingerprint density at radius 3 is 2.59 bits per heavy atom. The van der Waals surface area contributed by atoms with Gasteiger partial charge in [0.25, 0.3) is 0 Å². The number of nitrogens with one attached hydrogen (secondary N) is 1. The molecule has 0 bridgehead atoms. The summed E-state index contributed by atoms with van der Waals surface area (Å²) < 4.78 is 13.2. The Balaban J connectivity index is 1.62. The van der Waals surface area contributed by atoms with E-state index < -0.39 is 11.7 Å². The summed E-state index contributed by atoms with van der Waals surface area (Å²) in [5.74, 6) is 1.67. The predicted molar refractivity (Wildman–Crippen MR) is 132 cm³/mol. The molecule has 2 aromatic carbocycles. The van der Waals surface area contributed by atoms with Crippen LogP contribution in [0.3, 0.4) is 0 Å². The lowest BCUT2D eigenvalue weighted by atomic mass is 10.1. The van der Waals surface area contributed by atoms with Crippen LogP contribution in [0.5, 0.6) is 5.75 Å². The molecule has 2 aromatic heterocycles. The normalized spacial score (nSPS) is 11.6. The summed E-state index contributed by atoms with van der Waals surface area (Å²) in [6.45, 7) is 6.94. The molecule has 0 spiro atoms. The fourth-order valence-electron chi connectivity index (χ4n) is 3.75. The number of carbonyl (C=O) groups is 1. The monoisotopic (exact) mass is 462 g/mol. The van der Waals surface area contributed by atoms with Gasteiger partial charge in [-0.05, 0) is 38.5 Å². The van der Waals surface area contributed by atoms with E-state index in [-0.39, 0.29) is 6.54 Å². The number of nitrogens with two attached hydrogens (primary N) is 2. The standard InChI is InChI=1S/C25H30N6O3/c1-25(2,3)34-24(32)28-11-12-31-20(14-26)30-21-22(31)18-10-9-17(13-19(18)29-23(21)27)33-15-16-7-5-4-6-8-16/h4-10,13H,11-12,14-15,26H2,1-3H3,(H2,27,29)(H,28,32). The molecule has 178 valence electrons. The minimum absolute atomic E-state index is 0.223. The van der Waals surface area contributed by atoms with E-state index in [2.05, 4.69) is 15.3 Å². The van der Waals surface area contributed by atoms with Gasteiger partial charge < -0.3 is 30.8 Å². The number of alkyl carbamates (subject to hydrolysis) is 1. The number of nitrogens with zero attached hydrogens (tertiary/aromatic N) is 3. The molecule has 0 aliphatic carbocycles. The number of hydrogen-bond donors (Lipinski definition) is 3. The zero-order valence-corrected chi connectivity index (χ0v) is 19.7. The van der Waals surface area contributed by atoms with E-state index in [1.54, 1.807) is 0 Å². The fourth-order valence-corrected chi connectivity index (χ4v) is 3.75. The number of anilines is 1. The predicted octanol–water partition coefficient (Wildman–Crippen LogP) is 3.73. The number of fused-ring (bicyclic) bond motifs is 3. The van der Waals surface area contributed by atoms with Crippen molar-refractivity contribution in [2.75, 3.05) is 12.3 Å².